The SMILES string of the molecule is CS(=O)(=O)OC[C@@H](Cc1ccccc1Cl)c1ccc(Cl)cc1. The van der Waals surface area contributed by atoms with Crippen molar-refractivity contribution >= 4 is 33.3 Å². The maximum atomic E-state index is 11.3. The minimum atomic E-state index is -3.50. The lowest BCUT2D eigenvalue weighted by Crippen LogP contribution is -2.14. The van der Waals surface area contributed by atoms with Crippen LogP contribution in [0.5, 0.6) is 0 Å². The number of halogens is 2. The maximum Gasteiger partial charge on any atom is 0.264 e. The molecule has 6 heteroatoms. The third-order valence-electron chi connectivity index (χ3n) is 3.25. The Morgan fingerprint density at radius 3 is 2.27 bits per heavy atom. The summed E-state index contributed by atoms with van der Waals surface area (Å²) < 4.78 is 27.5. The molecule has 0 radical (unpaired) electrons. The van der Waals surface area contributed by atoms with E-state index in [0.29, 0.717) is 16.5 Å². The van der Waals surface area contributed by atoms with Crippen molar-refractivity contribution in [3.8, 4) is 0 Å². The Hall–Kier alpha value is -1.07. The standard InChI is InChI=1S/C16H16Cl2O3S/c1-22(19,20)21-11-14(12-6-8-15(17)9-7-12)10-13-4-2-3-5-16(13)18/h2-9,14H,10-11H2,1H3/t14-/m1/s1. The van der Waals surface area contributed by atoms with E-state index in [9.17, 15) is 8.42 Å². The van der Waals surface area contributed by atoms with E-state index in [4.69, 9.17) is 27.4 Å². The fourth-order valence-electron chi connectivity index (χ4n) is 2.14. The summed E-state index contributed by atoms with van der Waals surface area (Å²) >= 11 is 12.1. The largest absolute Gasteiger partial charge is 0.270 e. The van der Waals surface area contributed by atoms with Crippen LogP contribution >= 0.6 is 23.2 Å². The van der Waals surface area contributed by atoms with Gasteiger partial charge in [0, 0.05) is 16.0 Å². The molecule has 0 heterocycles. The van der Waals surface area contributed by atoms with Crippen LogP contribution in [0.1, 0.15) is 17.0 Å². The number of benzene rings is 2. The summed E-state index contributed by atoms with van der Waals surface area (Å²) in [7, 11) is -3.50. The van der Waals surface area contributed by atoms with Crippen molar-refractivity contribution in [2.45, 2.75) is 12.3 Å². The molecule has 0 aliphatic heterocycles. The van der Waals surface area contributed by atoms with Gasteiger partial charge in [-0.15, -0.1) is 0 Å². The van der Waals surface area contributed by atoms with Crippen molar-refractivity contribution in [3.63, 3.8) is 0 Å². The van der Waals surface area contributed by atoms with Crippen LogP contribution in [0.25, 0.3) is 0 Å². The summed E-state index contributed by atoms with van der Waals surface area (Å²) in [6.07, 6.45) is 1.62. The molecule has 0 fully saturated rings. The predicted molar refractivity (Wildman–Crippen MR) is 90.1 cm³/mol. The van der Waals surface area contributed by atoms with Crippen LogP contribution < -0.4 is 0 Å². The summed E-state index contributed by atoms with van der Waals surface area (Å²) in [6.45, 7) is 0.0612. The van der Waals surface area contributed by atoms with Gasteiger partial charge in [-0.1, -0.05) is 53.5 Å². The van der Waals surface area contributed by atoms with Gasteiger partial charge in [0.15, 0.2) is 0 Å². The highest BCUT2D eigenvalue weighted by Crippen LogP contribution is 2.27. The van der Waals surface area contributed by atoms with Crippen molar-refractivity contribution in [2.24, 2.45) is 0 Å². The zero-order valence-corrected chi connectivity index (χ0v) is 14.3. The van der Waals surface area contributed by atoms with Crippen molar-refractivity contribution in [1.29, 1.82) is 0 Å². The Balaban J connectivity index is 2.25. The Morgan fingerprint density at radius 1 is 1.05 bits per heavy atom. The van der Waals surface area contributed by atoms with Crippen molar-refractivity contribution in [3.05, 3.63) is 69.7 Å². The van der Waals surface area contributed by atoms with E-state index in [1.54, 1.807) is 12.1 Å². The molecule has 0 saturated heterocycles. The molecule has 22 heavy (non-hydrogen) atoms. The fourth-order valence-corrected chi connectivity index (χ4v) is 2.89. The van der Waals surface area contributed by atoms with Crippen LogP contribution in [0.2, 0.25) is 10.0 Å². The van der Waals surface area contributed by atoms with Gasteiger partial charge in [0.25, 0.3) is 10.1 Å². The highest BCUT2D eigenvalue weighted by molar-refractivity contribution is 7.85. The molecule has 2 rings (SSSR count). The third kappa shape index (κ3) is 5.29. The van der Waals surface area contributed by atoms with Crippen LogP contribution in [0.15, 0.2) is 48.5 Å². The first kappa shape index (κ1) is 17.3. The summed E-state index contributed by atoms with van der Waals surface area (Å²) in [5, 5.41) is 1.28. The second-order valence-corrected chi connectivity index (χ2v) is 7.52. The van der Waals surface area contributed by atoms with Gasteiger partial charge in [-0.2, -0.15) is 8.42 Å². The van der Waals surface area contributed by atoms with E-state index < -0.39 is 10.1 Å². The van der Waals surface area contributed by atoms with Crippen LogP contribution in [0, 0.1) is 0 Å². The molecule has 118 valence electrons. The number of hydrogen-bond acceptors (Lipinski definition) is 3. The van der Waals surface area contributed by atoms with Gasteiger partial charge < -0.3 is 0 Å². The molecule has 0 unspecified atom stereocenters. The van der Waals surface area contributed by atoms with Crippen LogP contribution in [-0.4, -0.2) is 21.3 Å². The van der Waals surface area contributed by atoms with Gasteiger partial charge >= 0.3 is 0 Å². The molecule has 0 amide bonds. The molecule has 2 aromatic rings. The number of rotatable bonds is 6. The Kier molecular flexibility index (Phi) is 5.87. The summed E-state index contributed by atoms with van der Waals surface area (Å²) in [5.41, 5.74) is 1.90. The molecule has 0 N–H and O–H groups in total. The molecule has 2 aromatic carbocycles. The first-order valence-electron chi connectivity index (χ1n) is 6.68. The predicted octanol–water partition coefficient (Wildman–Crippen LogP) is 4.30. The maximum absolute atomic E-state index is 11.3. The molecule has 0 bridgehead atoms. The summed E-state index contributed by atoms with van der Waals surface area (Å²) in [6, 6.07) is 14.8. The van der Waals surface area contributed by atoms with E-state index in [2.05, 4.69) is 0 Å². The number of hydrogen-bond donors (Lipinski definition) is 0. The second-order valence-electron chi connectivity index (χ2n) is 5.03. The lowest BCUT2D eigenvalue weighted by Gasteiger charge is -2.18. The average molecular weight is 359 g/mol. The Bertz CT molecular complexity index is 727. The molecular formula is C16H16Cl2O3S. The van der Waals surface area contributed by atoms with Crippen LogP contribution in [0.4, 0.5) is 0 Å². The molecule has 0 spiro atoms. The van der Waals surface area contributed by atoms with Gasteiger partial charge in [0.05, 0.1) is 12.9 Å². The van der Waals surface area contributed by atoms with Gasteiger partial charge in [0.2, 0.25) is 0 Å². The molecular weight excluding hydrogens is 343 g/mol. The zero-order chi connectivity index (χ0) is 16.2. The van der Waals surface area contributed by atoms with Crippen LogP contribution in [0.3, 0.4) is 0 Å². The van der Waals surface area contributed by atoms with Gasteiger partial charge in [0.1, 0.15) is 0 Å². The van der Waals surface area contributed by atoms with E-state index in [-0.39, 0.29) is 12.5 Å². The molecule has 0 aromatic heterocycles. The van der Waals surface area contributed by atoms with Gasteiger partial charge in [-0.25, -0.2) is 0 Å². The molecule has 0 saturated carbocycles. The fraction of sp³-hybridized carbons (Fsp3) is 0.250. The summed E-state index contributed by atoms with van der Waals surface area (Å²) in [5.74, 6) is -0.133. The average Bonchev–Trinajstić information content (AvgIpc) is 2.45. The molecule has 0 aliphatic carbocycles. The highest BCUT2D eigenvalue weighted by atomic mass is 35.5. The normalized spacial score (nSPS) is 13.0. The first-order valence-corrected chi connectivity index (χ1v) is 9.25. The van der Waals surface area contributed by atoms with E-state index in [0.717, 1.165) is 17.4 Å². The van der Waals surface area contributed by atoms with E-state index in [1.165, 1.54) is 0 Å². The van der Waals surface area contributed by atoms with Crippen molar-refractivity contribution < 1.29 is 12.6 Å². The lowest BCUT2D eigenvalue weighted by molar-refractivity contribution is 0.293. The molecule has 3 nitrogen and oxygen atoms in total. The van der Waals surface area contributed by atoms with Crippen molar-refractivity contribution in [1.82, 2.24) is 0 Å². The minimum Gasteiger partial charge on any atom is -0.270 e. The van der Waals surface area contributed by atoms with Gasteiger partial charge in [-0.3, -0.25) is 4.18 Å². The zero-order valence-electron chi connectivity index (χ0n) is 12.0. The lowest BCUT2D eigenvalue weighted by atomic mass is 9.93. The van der Waals surface area contributed by atoms with E-state index >= 15 is 0 Å². The Morgan fingerprint density at radius 2 is 1.68 bits per heavy atom. The van der Waals surface area contributed by atoms with Crippen LogP contribution in [-0.2, 0) is 20.7 Å². The second kappa shape index (κ2) is 7.47. The van der Waals surface area contributed by atoms with Crippen molar-refractivity contribution in [2.75, 3.05) is 12.9 Å². The Labute approximate surface area is 141 Å². The third-order valence-corrected chi connectivity index (χ3v) is 4.43. The minimum absolute atomic E-state index is 0.0612. The highest BCUT2D eigenvalue weighted by Gasteiger charge is 2.17. The van der Waals surface area contributed by atoms with Gasteiger partial charge in [-0.05, 0) is 35.7 Å². The molecule has 0 aliphatic rings. The van der Waals surface area contributed by atoms with E-state index in [1.807, 2.05) is 36.4 Å². The topological polar surface area (TPSA) is 43.4 Å². The first-order chi connectivity index (χ1) is 10.3. The quantitative estimate of drug-likeness (QED) is 0.723. The monoisotopic (exact) mass is 358 g/mol. The summed E-state index contributed by atoms with van der Waals surface area (Å²) in [4.78, 5) is 0. The molecule has 1 atom stereocenters. The smallest absolute Gasteiger partial charge is 0.264 e.